The van der Waals surface area contributed by atoms with Crippen molar-refractivity contribution in [2.24, 2.45) is 5.73 Å². The Labute approximate surface area is 109 Å². The Balaban J connectivity index is 2.85. The minimum absolute atomic E-state index is 0.0433. The summed E-state index contributed by atoms with van der Waals surface area (Å²) < 4.78 is 5.28. The summed E-state index contributed by atoms with van der Waals surface area (Å²) in [6.45, 7) is 3.89. The molecule has 2 N–H and O–H groups in total. The highest BCUT2D eigenvalue weighted by Crippen LogP contribution is 2.28. The van der Waals surface area contributed by atoms with Gasteiger partial charge in [0.25, 0.3) is 0 Å². The van der Waals surface area contributed by atoms with E-state index in [1.165, 1.54) is 0 Å². The third-order valence-corrected chi connectivity index (χ3v) is 2.88. The van der Waals surface area contributed by atoms with Gasteiger partial charge < -0.3 is 15.4 Å². The van der Waals surface area contributed by atoms with Gasteiger partial charge in [-0.3, -0.25) is 4.79 Å². The topological polar surface area (TPSA) is 55.6 Å². The van der Waals surface area contributed by atoms with Crippen LogP contribution in [0.4, 0.5) is 5.69 Å². The maximum atomic E-state index is 12.0. The lowest BCUT2D eigenvalue weighted by molar-refractivity contribution is -0.118. The summed E-state index contributed by atoms with van der Waals surface area (Å²) in [5, 5.41) is 0. The number of nitrogens with two attached hydrogens (primary N) is 1. The van der Waals surface area contributed by atoms with Gasteiger partial charge in [0.2, 0.25) is 5.91 Å². The second-order valence-electron chi connectivity index (χ2n) is 4.64. The predicted octanol–water partition coefficient (Wildman–Crippen LogP) is 2.09. The van der Waals surface area contributed by atoms with Gasteiger partial charge in [0.05, 0.1) is 12.8 Å². The van der Waals surface area contributed by atoms with Gasteiger partial charge in [-0.15, -0.1) is 0 Å². The molecule has 0 saturated heterocycles. The van der Waals surface area contributed by atoms with E-state index in [0.29, 0.717) is 18.6 Å². The van der Waals surface area contributed by atoms with E-state index in [2.05, 4.69) is 0 Å². The Hall–Kier alpha value is -1.55. The molecule has 1 unspecified atom stereocenters. The molecule has 18 heavy (non-hydrogen) atoms. The molecule has 1 aromatic rings. The standard InChI is InChI=1S/C14H22N2O2/c1-10-5-7-13(18-4)12(9-10)16(3)14(17)8-6-11(2)15/h5,7,9,11H,6,8,15H2,1-4H3. The molecule has 100 valence electrons. The molecule has 0 heterocycles. The van der Waals surface area contributed by atoms with E-state index in [1.807, 2.05) is 32.0 Å². The highest BCUT2D eigenvalue weighted by atomic mass is 16.5. The number of hydrogen-bond donors (Lipinski definition) is 1. The van der Waals surface area contributed by atoms with Crippen LogP contribution in [0.3, 0.4) is 0 Å². The Morgan fingerprint density at radius 1 is 1.50 bits per heavy atom. The second-order valence-corrected chi connectivity index (χ2v) is 4.64. The van der Waals surface area contributed by atoms with Crippen molar-refractivity contribution in [3.05, 3.63) is 23.8 Å². The largest absolute Gasteiger partial charge is 0.495 e. The first kappa shape index (κ1) is 14.5. The number of rotatable bonds is 5. The first-order chi connectivity index (χ1) is 8.45. The number of anilines is 1. The minimum atomic E-state index is 0.0433. The van der Waals surface area contributed by atoms with Crippen LogP contribution < -0.4 is 15.4 Å². The predicted molar refractivity (Wildman–Crippen MR) is 74.0 cm³/mol. The molecule has 0 fully saturated rings. The molecule has 0 aliphatic heterocycles. The molecule has 0 radical (unpaired) electrons. The van der Waals surface area contributed by atoms with E-state index in [9.17, 15) is 4.79 Å². The van der Waals surface area contributed by atoms with Gasteiger partial charge in [-0.25, -0.2) is 0 Å². The minimum Gasteiger partial charge on any atom is -0.495 e. The SMILES string of the molecule is COc1ccc(C)cc1N(C)C(=O)CCC(C)N. The molecule has 1 atom stereocenters. The Bertz CT molecular complexity index is 416. The van der Waals surface area contributed by atoms with Gasteiger partial charge in [0.1, 0.15) is 5.75 Å². The highest BCUT2D eigenvalue weighted by Gasteiger charge is 2.15. The summed E-state index contributed by atoms with van der Waals surface area (Å²) in [5.74, 6) is 0.758. The van der Waals surface area contributed by atoms with Crippen LogP contribution in [-0.4, -0.2) is 26.1 Å². The van der Waals surface area contributed by atoms with Crippen LogP contribution in [0.15, 0.2) is 18.2 Å². The smallest absolute Gasteiger partial charge is 0.226 e. The van der Waals surface area contributed by atoms with Crippen LogP contribution in [0.5, 0.6) is 5.75 Å². The summed E-state index contributed by atoms with van der Waals surface area (Å²) in [4.78, 5) is 13.7. The van der Waals surface area contributed by atoms with Crippen LogP contribution in [-0.2, 0) is 4.79 Å². The summed E-state index contributed by atoms with van der Waals surface area (Å²) in [6, 6.07) is 5.83. The third-order valence-electron chi connectivity index (χ3n) is 2.88. The molecule has 0 spiro atoms. The molecule has 0 aliphatic rings. The summed E-state index contributed by atoms with van der Waals surface area (Å²) in [6.07, 6.45) is 1.14. The van der Waals surface area contributed by atoms with Crippen LogP contribution in [0.1, 0.15) is 25.3 Å². The Morgan fingerprint density at radius 3 is 2.72 bits per heavy atom. The van der Waals surface area contributed by atoms with Crippen molar-refractivity contribution in [2.75, 3.05) is 19.1 Å². The first-order valence-corrected chi connectivity index (χ1v) is 6.12. The number of ether oxygens (including phenoxy) is 1. The number of aryl methyl sites for hydroxylation is 1. The Kier molecular flexibility index (Phi) is 5.16. The molecule has 4 nitrogen and oxygen atoms in total. The van der Waals surface area contributed by atoms with E-state index < -0.39 is 0 Å². The van der Waals surface area contributed by atoms with Crippen molar-refractivity contribution in [1.82, 2.24) is 0 Å². The number of hydrogen-bond acceptors (Lipinski definition) is 3. The van der Waals surface area contributed by atoms with Crippen molar-refractivity contribution in [3.8, 4) is 5.75 Å². The number of carbonyl (C=O) groups is 1. The van der Waals surface area contributed by atoms with E-state index in [1.54, 1.807) is 19.1 Å². The molecule has 4 heteroatoms. The number of amides is 1. The number of benzene rings is 1. The van der Waals surface area contributed by atoms with Crippen molar-refractivity contribution >= 4 is 11.6 Å². The molecular weight excluding hydrogens is 228 g/mol. The van der Waals surface area contributed by atoms with Crippen LogP contribution >= 0.6 is 0 Å². The fourth-order valence-electron chi connectivity index (χ4n) is 1.72. The van der Waals surface area contributed by atoms with Gasteiger partial charge in [-0.1, -0.05) is 6.07 Å². The summed E-state index contributed by atoms with van der Waals surface area (Å²) in [7, 11) is 3.37. The zero-order valence-electron chi connectivity index (χ0n) is 11.6. The lowest BCUT2D eigenvalue weighted by Crippen LogP contribution is -2.28. The lowest BCUT2D eigenvalue weighted by atomic mass is 10.1. The maximum Gasteiger partial charge on any atom is 0.226 e. The number of carbonyl (C=O) groups excluding carboxylic acids is 1. The van der Waals surface area contributed by atoms with Gasteiger partial charge in [-0.2, -0.15) is 0 Å². The Morgan fingerprint density at radius 2 is 2.17 bits per heavy atom. The number of nitrogens with zero attached hydrogens (tertiary/aromatic N) is 1. The molecule has 1 amide bonds. The fourth-order valence-corrected chi connectivity index (χ4v) is 1.72. The molecule has 0 aromatic heterocycles. The third kappa shape index (κ3) is 3.74. The lowest BCUT2D eigenvalue weighted by Gasteiger charge is -2.21. The normalized spacial score (nSPS) is 12.1. The average molecular weight is 250 g/mol. The fraction of sp³-hybridized carbons (Fsp3) is 0.500. The van der Waals surface area contributed by atoms with Gasteiger partial charge >= 0.3 is 0 Å². The van der Waals surface area contributed by atoms with Crippen LogP contribution in [0.2, 0.25) is 0 Å². The van der Waals surface area contributed by atoms with Crippen molar-refractivity contribution in [2.45, 2.75) is 32.7 Å². The molecule has 0 bridgehead atoms. The van der Waals surface area contributed by atoms with E-state index in [0.717, 1.165) is 11.3 Å². The first-order valence-electron chi connectivity index (χ1n) is 6.12. The van der Waals surface area contributed by atoms with Crippen molar-refractivity contribution < 1.29 is 9.53 Å². The van der Waals surface area contributed by atoms with Gasteiger partial charge in [0.15, 0.2) is 0 Å². The van der Waals surface area contributed by atoms with Gasteiger partial charge in [-0.05, 0) is 38.0 Å². The zero-order chi connectivity index (χ0) is 13.7. The summed E-state index contributed by atoms with van der Waals surface area (Å²) >= 11 is 0. The second kappa shape index (κ2) is 6.40. The quantitative estimate of drug-likeness (QED) is 0.870. The molecular formula is C14H22N2O2. The van der Waals surface area contributed by atoms with E-state index in [-0.39, 0.29) is 11.9 Å². The average Bonchev–Trinajstić information content (AvgIpc) is 2.34. The van der Waals surface area contributed by atoms with Crippen LogP contribution in [0, 0.1) is 6.92 Å². The maximum absolute atomic E-state index is 12.0. The highest BCUT2D eigenvalue weighted by molar-refractivity contribution is 5.94. The molecule has 0 saturated carbocycles. The summed E-state index contributed by atoms with van der Waals surface area (Å²) in [5.41, 5.74) is 7.56. The molecule has 1 rings (SSSR count). The van der Waals surface area contributed by atoms with Crippen molar-refractivity contribution in [3.63, 3.8) is 0 Å². The number of methoxy groups -OCH3 is 1. The monoisotopic (exact) mass is 250 g/mol. The molecule has 0 aliphatic carbocycles. The van der Waals surface area contributed by atoms with E-state index in [4.69, 9.17) is 10.5 Å². The van der Waals surface area contributed by atoms with E-state index >= 15 is 0 Å². The van der Waals surface area contributed by atoms with Crippen molar-refractivity contribution in [1.29, 1.82) is 0 Å². The van der Waals surface area contributed by atoms with Gasteiger partial charge in [0, 0.05) is 19.5 Å². The molecule has 1 aromatic carbocycles. The zero-order valence-corrected chi connectivity index (χ0v) is 11.6. The van der Waals surface area contributed by atoms with Crippen LogP contribution in [0.25, 0.3) is 0 Å².